The Morgan fingerprint density at radius 1 is 1.00 bits per heavy atom. The van der Waals surface area contributed by atoms with Crippen molar-refractivity contribution in [2.45, 2.75) is 25.0 Å². The van der Waals surface area contributed by atoms with Gasteiger partial charge in [-0.25, -0.2) is 4.39 Å². The maximum atomic E-state index is 13.0. The first-order valence-corrected chi connectivity index (χ1v) is 9.80. The number of morpholine rings is 1. The van der Waals surface area contributed by atoms with Crippen LogP contribution in [0.4, 0.5) is 4.39 Å². The molecule has 0 spiro atoms. The molecule has 2 aliphatic heterocycles. The van der Waals surface area contributed by atoms with E-state index in [4.69, 9.17) is 9.47 Å². The number of benzene rings is 1. The molecule has 1 saturated carbocycles. The summed E-state index contributed by atoms with van der Waals surface area (Å²) in [7, 11) is 0. The number of ether oxygens (including phenoxy) is 2. The van der Waals surface area contributed by atoms with Crippen molar-refractivity contribution in [2.75, 3.05) is 52.5 Å². The van der Waals surface area contributed by atoms with Gasteiger partial charge in [0.15, 0.2) is 0 Å². The number of fused-ring (bicyclic) bond motifs is 1. The number of likely N-dealkylation sites (tertiary alicyclic amines) is 1. The van der Waals surface area contributed by atoms with Gasteiger partial charge in [-0.3, -0.25) is 4.90 Å². The highest BCUT2D eigenvalue weighted by atomic mass is 19.1. The van der Waals surface area contributed by atoms with Crippen molar-refractivity contribution in [1.82, 2.24) is 9.80 Å². The van der Waals surface area contributed by atoms with E-state index >= 15 is 0 Å². The molecule has 0 unspecified atom stereocenters. The van der Waals surface area contributed by atoms with Crippen molar-refractivity contribution in [3.05, 3.63) is 30.1 Å². The van der Waals surface area contributed by atoms with Crippen molar-refractivity contribution in [1.29, 1.82) is 0 Å². The average Bonchev–Trinajstić information content (AvgIpc) is 3.04. The minimum Gasteiger partial charge on any atom is -0.488 e. The average molecular weight is 364 g/mol. The molecule has 4 rings (SSSR count). The van der Waals surface area contributed by atoms with Gasteiger partial charge in [0, 0.05) is 39.3 Å². The normalized spacial score (nSPS) is 33.2. The summed E-state index contributed by atoms with van der Waals surface area (Å²) in [6.07, 6.45) is 1.03. The minimum atomic E-state index is -0.444. The Balaban J connectivity index is 1.28. The van der Waals surface area contributed by atoms with Crippen molar-refractivity contribution in [2.24, 2.45) is 11.8 Å². The molecule has 0 bridgehead atoms. The van der Waals surface area contributed by atoms with E-state index in [1.54, 1.807) is 12.1 Å². The van der Waals surface area contributed by atoms with Gasteiger partial charge in [-0.05, 0) is 48.9 Å². The van der Waals surface area contributed by atoms with Crippen molar-refractivity contribution in [3.63, 3.8) is 0 Å². The van der Waals surface area contributed by atoms with E-state index in [1.807, 2.05) is 0 Å². The zero-order valence-corrected chi connectivity index (χ0v) is 15.2. The third kappa shape index (κ3) is 4.36. The van der Waals surface area contributed by atoms with Gasteiger partial charge in [0.25, 0.3) is 0 Å². The van der Waals surface area contributed by atoms with Crippen LogP contribution in [0.25, 0.3) is 0 Å². The van der Waals surface area contributed by atoms with Crippen LogP contribution >= 0.6 is 0 Å². The van der Waals surface area contributed by atoms with Gasteiger partial charge in [0.2, 0.25) is 0 Å². The lowest BCUT2D eigenvalue weighted by Gasteiger charge is -2.35. The Labute approximate surface area is 154 Å². The maximum Gasteiger partial charge on any atom is 0.125 e. The first kappa shape index (κ1) is 18.2. The van der Waals surface area contributed by atoms with Gasteiger partial charge in [-0.1, -0.05) is 0 Å². The topological polar surface area (TPSA) is 45.2 Å². The number of halogens is 1. The molecule has 3 aliphatic rings. The Hall–Kier alpha value is -1.21. The van der Waals surface area contributed by atoms with Gasteiger partial charge >= 0.3 is 0 Å². The molecular weight excluding hydrogens is 335 g/mol. The van der Waals surface area contributed by atoms with Gasteiger partial charge in [0.05, 0.1) is 19.3 Å². The summed E-state index contributed by atoms with van der Waals surface area (Å²) < 4.78 is 24.4. The fourth-order valence-corrected chi connectivity index (χ4v) is 4.59. The van der Waals surface area contributed by atoms with Crippen LogP contribution in [0.15, 0.2) is 24.3 Å². The third-order valence-corrected chi connectivity index (χ3v) is 6.10. The highest BCUT2D eigenvalue weighted by Gasteiger charge is 2.42. The first-order chi connectivity index (χ1) is 12.7. The zero-order valence-electron chi connectivity index (χ0n) is 15.2. The van der Waals surface area contributed by atoms with Crippen LogP contribution in [0.2, 0.25) is 0 Å². The van der Waals surface area contributed by atoms with Crippen molar-refractivity contribution < 1.29 is 19.0 Å². The smallest absolute Gasteiger partial charge is 0.125 e. The Morgan fingerprint density at radius 3 is 2.38 bits per heavy atom. The van der Waals surface area contributed by atoms with E-state index in [0.717, 1.165) is 65.3 Å². The van der Waals surface area contributed by atoms with Crippen molar-refractivity contribution >= 4 is 0 Å². The summed E-state index contributed by atoms with van der Waals surface area (Å²) >= 11 is 0. The molecule has 1 N–H and O–H groups in total. The van der Waals surface area contributed by atoms with E-state index in [-0.39, 0.29) is 11.9 Å². The van der Waals surface area contributed by atoms with Crippen LogP contribution in [-0.4, -0.2) is 79.6 Å². The summed E-state index contributed by atoms with van der Waals surface area (Å²) in [4.78, 5) is 5.01. The van der Waals surface area contributed by atoms with Crippen molar-refractivity contribution in [3.8, 4) is 5.75 Å². The SMILES string of the molecule is O[C@@H]1C[C@H]2CN(CCN3CCOCC3)C[C@H]2C[C@H]1Oc1ccc(F)cc1. The minimum absolute atomic E-state index is 0.194. The molecule has 0 aromatic heterocycles. The molecular formula is C20H29FN2O3. The highest BCUT2D eigenvalue weighted by Crippen LogP contribution is 2.37. The standard InChI is InChI=1S/C20H29FN2O3/c21-17-1-3-18(4-2-17)26-20-12-16-14-23(13-15(16)11-19(20)24)6-5-22-7-9-25-10-8-22/h1-4,15-16,19-20,24H,5-14H2/t15-,16+,19+,20+/m0/s1. The van der Waals surface area contributed by atoms with E-state index in [1.165, 1.54) is 12.1 Å². The van der Waals surface area contributed by atoms with Gasteiger partial charge < -0.3 is 19.5 Å². The van der Waals surface area contributed by atoms with E-state index in [2.05, 4.69) is 9.80 Å². The maximum absolute atomic E-state index is 13.0. The molecule has 2 saturated heterocycles. The fourth-order valence-electron chi connectivity index (χ4n) is 4.59. The molecule has 1 aliphatic carbocycles. The monoisotopic (exact) mass is 364 g/mol. The number of aliphatic hydroxyl groups excluding tert-OH is 1. The zero-order chi connectivity index (χ0) is 17.9. The predicted molar refractivity (Wildman–Crippen MR) is 96.7 cm³/mol. The number of aliphatic hydroxyl groups is 1. The van der Waals surface area contributed by atoms with Crippen LogP contribution in [0.1, 0.15) is 12.8 Å². The first-order valence-electron chi connectivity index (χ1n) is 9.80. The van der Waals surface area contributed by atoms with Gasteiger partial charge in [-0.15, -0.1) is 0 Å². The summed E-state index contributed by atoms with van der Waals surface area (Å²) in [5.41, 5.74) is 0. The lowest BCUT2D eigenvalue weighted by Crippen LogP contribution is -2.42. The Kier molecular flexibility index (Phi) is 5.74. The molecule has 4 atom stereocenters. The molecule has 5 nitrogen and oxygen atoms in total. The predicted octanol–water partition coefficient (Wildman–Crippen LogP) is 1.61. The summed E-state index contributed by atoms with van der Waals surface area (Å²) in [5, 5.41) is 10.5. The summed E-state index contributed by atoms with van der Waals surface area (Å²) in [5.74, 6) is 1.50. The number of hydrogen-bond donors (Lipinski definition) is 1. The largest absolute Gasteiger partial charge is 0.488 e. The molecule has 26 heavy (non-hydrogen) atoms. The molecule has 1 aromatic carbocycles. The second kappa shape index (κ2) is 8.21. The number of hydrogen-bond acceptors (Lipinski definition) is 5. The fraction of sp³-hybridized carbons (Fsp3) is 0.700. The van der Waals surface area contributed by atoms with Crippen LogP contribution < -0.4 is 4.74 Å². The summed E-state index contributed by atoms with van der Waals surface area (Å²) in [6, 6.07) is 6.07. The van der Waals surface area contributed by atoms with Crippen LogP contribution in [0, 0.1) is 17.7 Å². The molecule has 6 heteroatoms. The van der Waals surface area contributed by atoms with Crippen LogP contribution in [0.3, 0.4) is 0 Å². The molecule has 3 fully saturated rings. The molecule has 0 radical (unpaired) electrons. The van der Waals surface area contributed by atoms with Gasteiger partial charge in [0.1, 0.15) is 17.7 Å². The van der Waals surface area contributed by atoms with E-state index in [9.17, 15) is 9.50 Å². The lowest BCUT2D eigenvalue weighted by atomic mass is 9.78. The Bertz CT molecular complexity index is 579. The molecule has 0 amide bonds. The molecule has 144 valence electrons. The van der Waals surface area contributed by atoms with E-state index < -0.39 is 6.10 Å². The number of nitrogens with zero attached hydrogens (tertiary/aromatic N) is 2. The Morgan fingerprint density at radius 2 is 1.65 bits per heavy atom. The number of rotatable bonds is 5. The summed E-state index contributed by atoms with van der Waals surface area (Å²) in [6.45, 7) is 8.12. The second-order valence-electron chi connectivity index (χ2n) is 7.88. The lowest BCUT2D eigenvalue weighted by molar-refractivity contribution is -0.0231. The van der Waals surface area contributed by atoms with Crippen LogP contribution in [0.5, 0.6) is 5.75 Å². The molecule has 1 aromatic rings. The van der Waals surface area contributed by atoms with E-state index in [0.29, 0.717) is 17.6 Å². The quantitative estimate of drug-likeness (QED) is 0.860. The van der Waals surface area contributed by atoms with Gasteiger partial charge in [-0.2, -0.15) is 0 Å². The highest BCUT2D eigenvalue weighted by molar-refractivity contribution is 5.22. The van der Waals surface area contributed by atoms with Crippen LogP contribution in [-0.2, 0) is 4.74 Å². The second-order valence-corrected chi connectivity index (χ2v) is 7.88. The molecule has 2 heterocycles. The third-order valence-electron chi connectivity index (χ3n) is 6.10.